The molecule has 0 bridgehead atoms. The van der Waals surface area contributed by atoms with Gasteiger partial charge in [-0.05, 0) is 55.7 Å². The van der Waals surface area contributed by atoms with Crippen LogP contribution in [0.5, 0.6) is 11.5 Å². The van der Waals surface area contributed by atoms with E-state index < -0.39 is 0 Å². The Labute approximate surface area is 174 Å². The van der Waals surface area contributed by atoms with Crippen LogP contribution in [-0.2, 0) is 11.2 Å². The minimum atomic E-state index is -0.153. The molecule has 1 aliphatic rings. The summed E-state index contributed by atoms with van der Waals surface area (Å²) >= 11 is 6.74. The lowest BCUT2D eigenvalue weighted by molar-refractivity contribution is -0.113. The van der Waals surface area contributed by atoms with Crippen LogP contribution in [0.1, 0.15) is 22.3 Å². The number of carbonyl (C=O) groups is 1. The largest absolute Gasteiger partial charge is 0.504 e. The first-order valence-corrected chi connectivity index (χ1v) is 9.94. The highest BCUT2D eigenvalue weighted by atomic mass is 32.2. The Morgan fingerprint density at radius 2 is 2.04 bits per heavy atom. The van der Waals surface area contributed by atoms with Crippen LogP contribution in [0.3, 0.4) is 0 Å². The summed E-state index contributed by atoms with van der Waals surface area (Å²) in [5.41, 5.74) is 4.37. The molecule has 0 radical (unpaired) electrons. The number of anilines is 1. The van der Waals surface area contributed by atoms with Gasteiger partial charge in [0.15, 0.2) is 15.8 Å². The molecule has 0 spiro atoms. The molecule has 1 amide bonds. The fraction of sp³-hybridized carbons (Fsp3) is 0.182. The van der Waals surface area contributed by atoms with Crippen molar-refractivity contribution in [2.24, 2.45) is 0 Å². The van der Waals surface area contributed by atoms with Gasteiger partial charge < -0.3 is 9.84 Å². The quantitative estimate of drug-likeness (QED) is 0.419. The highest BCUT2D eigenvalue weighted by molar-refractivity contribution is 8.27. The number of amides is 1. The Balaban J connectivity index is 2.00. The lowest BCUT2D eigenvalue weighted by Gasteiger charge is -2.17. The van der Waals surface area contributed by atoms with Crippen LogP contribution in [0.4, 0.5) is 5.69 Å². The minimum Gasteiger partial charge on any atom is -0.504 e. The highest BCUT2D eigenvalue weighted by Crippen LogP contribution is 2.39. The van der Waals surface area contributed by atoms with Gasteiger partial charge in [0, 0.05) is 5.56 Å². The van der Waals surface area contributed by atoms with E-state index in [1.54, 1.807) is 23.1 Å². The summed E-state index contributed by atoms with van der Waals surface area (Å²) in [7, 11) is 1.50. The first kappa shape index (κ1) is 20.2. The Hall–Kier alpha value is -2.57. The van der Waals surface area contributed by atoms with E-state index >= 15 is 0 Å². The third-order valence-electron chi connectivity index (χ3n) is 4.45. The van der Waals surface area contributed by atoms with Crippen LogP contribution in [0.2, 0.25) is 0 Å². The van der Waals surface area contributed by atoms with Crippen molar-refractivity contribution in [3.63, 3.8) is 0 Å². The van der Waals surface area contributed by atoms with E-state index in [2.05, 4.69) is 6.58 Å². The van der Waals surface area contributed by atoms with Crippen molar-refractivity contribution in [3.05, 3.63) is 70.1 Å². The fourth-order valence-corrected chi connectivity index (χ4v) is 4.41. The van der Waals surface area contributed by atoms with Crippen LogP contribution in [0.15, 0.2) is 47.9 Å². The van der Waals surface area contributed by atoms with Crippen LogP contribution >= 0.6 is 24.0 Å². The molecule has 144 valence electrons. The molecule has 2 aromatic carbocycles. The standard InChI is InChI=1S/C22H21NO3S2/c1-5-6-16-10-15(11-18(26-4)20(16)24)12-19-21(25)23(22(27)28-19)17-8-7-13(2)9-14(17)3/h5,7-12,24H,1,6H2,2-4H3/b19-12+. The molecule has 1 heterocycles. The number of methoxy groups -OCH3 is 1. The van der Waals surface area contributed by atoms with Gasteiger partial charge in [-0.3, -0.25) is 9.69 Å². The number of rotatable bonds is 5. The molecular formula is C22H21NO3S2. The zero-order chi connectivity index (χ0) is 20.4. The van der Waals surface area contributed by atoms with Crippen LogP contribution in [-0.4, -0.2) is 22.4 Å². The molecule has 0 unspecified atom stereocenters. The number of aromatic hydroxyl groups is 1. The molecule has 2 aromatic rings. The van der Waals surface area contributed by atoms with E-state index in [1.165, 1.54) is 18.9 Å². The van der Waals surface area contributed by atoms with E-state index in [4.69, 9.17) is 17.0 Å². The summed E-state index contributed by atoms with van der Waals surface area (Å²) < 4.78 is 5.76. The second-order valence-electron chi connectivity index (χ2n) is 6.53. The van der Waals surface area contributed by atoms with Crippen molar-refractivity contribution in [2.75, 3.05) is 12.0 Å². The Morgan fingerprint density at radius 3 is 2.68 bits per heavy atom. The number of phenols is 1. The maximum absolute atomic E-state index is 13.0. The predicted octanol–water partition coefficient (Wildman–Crippen LogP) is 5.15. The number of thioether (sulfide) groups is 1. The van der Waals surface area contributed by atoms with Crippen LogP contribution < -0.4 is 9.64 Å². The maximum Gasteiger partial charge on any atom is 0.270 e. The average Bonchev–Trinajstić information content (AvgIpc) is 2.92. The van der Waals surface area contributed by atoms with E-state index in [1.807, 2.05) is 38.1 Å². The van der Waals surface area contributed by atoms with Gasteiger partial charge >= 0.3 is 0 Å². The summed E-state index contributed by atoms with van der Waals surface area (Å²) in [4.78, 5) is 15.1. The lowest BCUT2D eigenvalue weighted by atomic mass is 10.0. The van der Waals surface area contributed by atoms with E-state index in [0.29, 0.717) is 27.0 Å². The van der Waals surface area contributed by atoms with Crippen molar-refractivity contribution in [1.82, 2.24) is 0 Å². The minimum absolute atomic E-state index is 0.0855. The number of hydrogen-bond donors (Lipinski definition) is 1. The van der Waals surface area contributed by atoms with Gasteiger partial charge in [0.05, 0.1) is 17.7 Å². The van der Waals surface area contributed by atoms with Crippen molar-refractivity contribution in [3.8, 4) is 11.5 Å². The zero-order valence-corrected chi connectivity index (χ0v) is 17.6. The number of hydrogen-bond acceptors (Lipinski definition) is 5. The molecule has 0 saturated carbocycles. The van der Waals surface area contributed by atoms with Gasteiger partial charge in [0.25, 0.3) is 5.91 Å². The number of aryl methyl sites for hydroxylation is 2. The van der Waals surface area contributed by atoms with Crippen molar-refractivity contribution in [1.29, 1.82) is 0 Å². The van der Waals surface area contributed by atoms with Gasteiger partial charge in [0.2, 0.25) is 0 Å². The molecule has 1 fully saturated rings. The maximum atomic E-state index is 13.0. The molecule has 1 saturated heterocycles. The number of thiocarbonyl (C=S) groups is 1. The van der Waals surface area contributed by atoms with Crippen LogP contribution in [0.25, 0.3) is 6.08 Å². The van der Waals surface area contributed by atoms with Crippen molar-refractivity contribution >= 4 is 46.0 Å². The van der Waals surface area contributed by atoms with Gasteiger partial charge in [-0.25, -0.2) is 0 Å². The SMILES string of the molecule is C=CCc1cc(/C=C2/SC(=S)N(c3ccc(C)cc3C)C2=O)cc(OC)c1O. The van der Waals surface area contributed by atoms with E-state index in [9.17, 15) is 9.90 Å². The molecule has 4 nitrogen and oxygen atoms in total. The molecule has 0 atom stereocenters. The average molecular weight is 412 g/mol. The van der Waals surface area contributed by atoms with Gasteiger partial charge in [-0.1, -0.05) is 47.8 Å². The number of phenolic OH excluding ortho intramolecular Hbond substituents is 1. The molecule has 1 aliphatic heterocycles. The van der Waals surface area contributed by atoms with E-state index in [-0.39, 0.29) is 11.7 Å². The Bertz CT molecular complexity index is 1010. The molecular weight excluding hydrogens is 390 g/mol. The number of benzene rings is 2. The zero-order valence-electron chi connectivity index (χ0n) is 16.0. The first-order valence-electron chi connectivity index (χ1n) is 8.71. The third kappa shape index (κ3) is 3.84. The van der Waals surface area contributed by atoms with Gasteiger partial charge in [-0.15, -0.1) is 6.58 Å². The molecule has 28 heavy (non-hydrogen) atoms. The monoisotopic (exact) mass is 411 g/mol. The molecule has 0 aromatic heterocycles. The summed E-state index contributed by atoms with van der Waals surface area (Å²) in [5, 5.41) is 10.2. The summed E-state index contributed by atoms with van der Waals surface area (Å²) in [6, 6.07) is 9.44. The summed E-state index contributed by atoms with van der Waals surface area (Å²) in [6.07, 6.45) is 3.97. The molecule has 3 rings (SSSR count). The number of carbonyl (C=O) groups excluding carboxylic acids is 1. The smallest absolute Gasteiger partial charge is 0.270 e. The highest BCUT2D eigenvalue weighted by Gasteiger charge is 2.34. The summed E-state index contributed by atoms with van der Waals surface area (Å²) in [5.74, 6) is 0.289. The normalized spacial score (nSPS) is 15.4. The van der Waals surface area contributed by atoms with Crippen LogP contribution in [0, 0.1) is 13.8 Å². The topological polar surface area (TPSA) is 49.8 Å². The predicted molar refractivity (Wildman–Crippen MR) is 120 cm³/mol. The number of ether oxygens (including phenoxy) is 1. The van der Waals surface area contributed by atoms with E-state index in [0.717, 1.165) is 22.4 Å². The Kier molecular flexibility index (Phi) is 5.91. The van der Waals surface area contributed by atoms with Crippen molar-refractivity contribution < 1.29 is 14.6 Å². The van der Waals surface area contributed by atoms with Gasteiger partial charge in [0.1, 0.15) is 0 Å². The molecule has 0 aliphatic carbocycles. The Morgan fingerprint density at radius 1 is 1.29 bits per heavy atom. The second-order valence-corrected chi connectivity index (χ2v) is 8.21. The molecule has 1 N–H and O–H groups in total. The number of nitrogens with zero attached hydrogens (tertiary/aromatic N) is 1. The van der Waals surface area contributed by atoms with Crippen molar-refractivity contribution in [2.45, 2.75) is 20.3 Å². The second kappa shape index (κ2) is 8.20. The van der Waals surface area contributed by atoms with Gasteiger partial charge in [-0.2, -0.15) is 0 Å². The number of allylic oxidation sites excluding steroid dienone is 1. The third-order valence-corrected chi connectivity index (χ3v) is 5.75. The first-order chi connectivity index (χ1) is 13.3. The lowest BCUT2D eigenvalue weighted by Crippen LogP contribution is -2.28. The molecule has 6 heteroatoms. The summed E-state index contributed by atoms with van der Waals surface area (Å²) in [6.45, 7) is 7.70. The fourth-order valence-electron chi connectivity index (χ4n) is 3.12.